The van der Waals surface area contributed by atoms with Crippen LogP contribution in [0.5, 0.6) is 0 Å². The van der Waals surface area contributed by atoms with Crippen LogP contribution in [0.25, 0.3) is 0 Å². The lowest BCUT2D eigenvalue weighted by Crippen LogP contribution is -2.13. The fourth-order valence-corrected chi connectivity index (χ4v) is 1.81. The molecule has 0 bridgehead atoms. The van der Waals surface area contributed by atoms with Crippen molar-refractivity contribution in [1.82, 2.24) is 5.16 Å². The van der Waals surface area contributed by atoms with Crippen LogP contribution in [-0.4, -0.2) is 11.1 Å². The fraction of sp³-hybridized carbons (Fsp3) is 0.286. The molecule has 1 atom stereocenters. The minimum absolute atomic E-state index is 0.0154. The van der Waals surface area contributed by atoms with Gasteiger partial charge in [0.2, 0.25) is 5.76 Å². The first-order valence-electron chi connectivity index (χ1n) is 6.40. The van der Waals surface area contributed by atoms with Gasteiger partial charge in [-0.3, -0.25) is 4.79 Å². The van der Waals surface area contributed by atoms with Gasteiger partial charge in [-0.2, -0.15) is 13.2 Å². The van der Waals surface area contributed by atoms with Crippen LogP contribution in [0.2, 0.25) is 0 Å². The number of anilines is 1. The Morgan fingerprint density at radius 2 is 2.05 bits per heavy atom. The van der Waals surface area contributed by atoms with Crippen molar-refractivity contribution in [3.63, 3.8) is 0 Å². The van der Waals surface area contributed by atoms with E-state index in [9.17, 15) is 18.0 Å². The Balaban J connectivity index is 2.21. The average molecular weight is 313 g/mol. The number of carbonyl (C=O) groups excluding carboxylic acids is 1. The molecule has 1 amide bonds. The van der Waals surface area contributed by atoms with E-state index >= 15 is 0 Å². The second-order valence-corrected chi connectivity index (χ2v) is 4.89. The Hall–Kier alpha value is -2.35. The topological polar surface area (TPSA) is 81.2 Å². The minimum atomic E-state index is -4.49. The van der Waals surface area contributed by atoms with Crippen LogP contribution in [0.4, 0.5) is 18.9 Å². The first-order valence-corrected chi connectivity index (χ1v) is 6.40. The van der Waals surface area contributed by atoms with E-state index in [2.05, 4.69) is 10.5 Å². The van der Waals surface area contributed by atoms with E-state index in [1.54, 1.807) is 6.92 Å². The van der Waals surface area contributed by atoms with Gasteiger partial charge in [0.25, 0.3) is 5.91 Å². The molecule has 1 heterocycles. The highest BCUT2D eigenvalue weighted by atomic mass is 19.4. The van der Waals surface area contributed by atoms with Gasteiger partial charge in [0.15, 0.2) is 0 Å². The maximum Gasteiger partial charge on any atom is 0.416 e. The normalized spacial score (nSPS) is 13.0. The third-order valence-corrected chi connectivity index (χ3v) is 3.02. The summed E-state index contributed by atoms with van der Waals surface area (Å²) in [7, 11) is 0. The van der Waals surface area contributed by atoms with E-state index in [0.717, 1.165) is 6.07 Å². The number of alkyl halides is 3. The number of halogens is 3. The van der Waals surface area contributed by atoms with Crippen LogP contribution in [0.3, 0.4) is 0 Å². The van der Waals surface area contributed by atoms with Gasteiger partial charge in [0.1, 0.15) is 5.69 Å². The maximum atomic E-state index is 12.8. The molecular formula is C14H14F3N3O2. The molecule has 22 heavy (non-hydrogen) atoms. The smallest absolute Gasteiger partial charge is 0.351 e. The summed E-state index contributed by atoms with van der Waals surface area (Å²) in [6, 6.07) is 4.47. The Labute approximate surface area is 124 Å². The monoisotopic (exact) mass is 313 g/mol. The van der Waals surface area contributed by atoms with Crippen molar-refractivity contribution in [3.05, 3.63) is 46.8 Å². The number of hydrogen-bond donors (Lipinski definition) is 2. The Bertz CT molecular complexity index is 693. The molecule has 2 aromatic rings. The molecule has 118 valence electrons. The molecule has 2 rings (SSSR count). The van der Waals surface area contributed by atoms with Gasteiger partial charge in [-0.1, -0.05) is 11.2 Å². The molecule has 0 spiro atoms. The summed E-state index contributed by atoms with van der Waals surface area (Å²) in [4.78, 5) is 11.9. The molecule has 8 heteroatoms. The molecule has 0 unspecified atom stereocenters. The Morgan fingerprint density at radius 1 is 1.36 bits per heavy atom. The average Bonchev–Trinajstić information content (AvgIpc) is 2.89. The molecule has 1 aromatic carbocycles. The third kappa shape index (κ3) is 3.45. The molecule has 0 aliphatic heterocycles. The summed E-state index contributed by atoms with van der Waals surface area (Å²) >= 11 is 0. The number of nitrogens with two attached hydrogens (primary N) is 1. The highest BCUT2D eigenvalue weighted by molar-refractivity contribution is 6.02. The van der Waals surface area contributed by atoms with Crippen LogP contribution in [0.1, 0.15) is 40.3 Å². The molecule has 0 saturated heterocycles. The molecule has 5 nitrogen and oxygen atoms in total. The number of benzene rings is 1. The van der Waals surface area contributed by atoms with Crippen LogP contribution < -0.4 is 11.1 Å². The summed E-state index contributed by atoms with van der Waals surface area (Å²) in [5.74, 6) is -0.821. The Kier molecular flexibility index (Phi) is 4.23. The molecule has 0 aliphatic rings. The number of aromatic nitrogens is 1. The van der Waals surface area contributed by atoms with Crippen LogP contribution in [-0.2, 0) is 6.18 Å². The van der Waals surface area contributed by atoms with E-state index in [1.807, 2.05) is 0 Å². The molecule has 0 saturated carbocycles. The lowest BCUT2D eigenvalue weighted by molar-refractivity contribution is -0.138. The van der Waals surface area contributed by atoms with E-state index in [1.165, 1.54) is 25.1 Å². The Morgan fingerprint density at radius 3 is 2.59 bits per heavy atom. The second kappa shape index (κ2) is 5.80. The van der Waals surface area contributed by atoms with Crippen molar-refractivity contribution >= 4 is 11.6 Å². The summed E-state index contributed by atoms with van der Waals surface area (Å²) in [6.45, 7) is 3.01. The van der Waals surface area contributed by atoms with Crippen LogP contribution >= 0.6 is 0 Å². The first-order chi connectivity index (χ1) is 10.2. The second-order valence-electron chi connectivity index (χ2n) is 4.89. The predicted molar refractivity (Wildman–Crippen MR) is 73.2 cm³/mol. The molecule has 1 aromatic heterocycles. The molecule has 0 aliphatic carbocycles. The first kappa shape index (κ1) is 16.0. The van der Waals surface area contributed by atoms with Crippen molar-refractivity contribution in [2.45, 2.75) is 26.1 Å². The zero-order valence-electron chi connectivity index (χ0n) is 11.9. The number of nitrogens with one attached hydrogen (secondary N) is 1. The van der Waals surface area contributed by atoms with Crippen molar-refractivity contribution in [2.75, 3.05) is 5.32 Å². The third-order valence-electron chi connectivity index (χ3n) is 3.02. The van der Waals surface area contributed by atoms with E-state index in [-0.39, 0.29) is 17.0 Å². The summed E-state index contributed by atoms with van der Waals surface area (Å²) in [6.07, 6.45) is -4.49. The zero-order valence-corrected chi connectivity index (χ0v) is 11.9. The van der Waals surface area contributed by atoms with Crippen molar-refractivity contribution < 1.29 is 22.5 Å². The number of rotatable bonds is 3. The highest BCUT2D eigenvalue weighted by Gasteiger charge is 2.32. The summed E-state index contributed by atoms with van der Waals surface area (Å²) < 4.78 is 43.3. The van der Waals surface area contributed by atoms with Gasteiger partial charge in [-0.25, -0.2) is 0 Å². The number of carbonyl (C=O) groups is 1. The van der Waals surface area contributed by atoms with Crippen molar-refractivity contribution in [2.24, 2.45) is 5.73 Å². The van der Waals surface area contributed by atoms with E-state index < -0.39 is 23.7 Å². The van der Waals surface area contributed by atoms with Gasteiger partial charge in [0.05, 0.1) is 5.56 Å². The summed E-state index contributed by atoms with van der Waals surface area (Å²) in [5, 5.41) is 5.95. The van der Waals surface area contributed by atoms with Crippen molar-refractivity contribution in [1.29, 1.82) is 0 Å². The standard InChI is InChI=1S/C14H14F3N3O2/c1-7-3-4-9(5-10(7)14(15,16)17)19-13(21)12-6-11(8(2)18)20-22-12/h3-6,8H,18H2,1-2H3,(H,19,21)/t8-/m0/s1. The molecular weight excluding hydrogens is 299 g/mol. The largest absolute Gasteiger partial charge is 0.416 e. The van der Waals surface area contributed by atoms with Crippen LogP contribution in [0, 0.1) is 6.92 Å². The lowest BCUT2D eigenvalue weighted by atomic mass is 10.1. The molecule has 0 radical (unpaired) electrons. The van der Waals surface area contributed by atoms with Crippen molar-refractivity contribution in [3.8, 4) is 0 Å². The van der Waals surface area contributed by atoms with Gasteiger partial charge in [-0.15, -0.1) is 0 Å². The number of amides is 1. The maximum absolute atomic E-state index is 12.8. The quantitative estimate of drug-likeness (QED) is 0.911. The molecule has 0 fully saturated rings. The highest BCUT2D eigenvalue weighted by Crippen LogP contribution is 2.33. The number of nitrogens with zero attached hydrogens (tertiary/aromatic N) is 1. The van der Waals surface area contributed by atoms with E-state index in [4.69, 9.17) is 10.3 Å². The zero-order chi connectivity index (χ0) is 16.5. The predicted octanol–water partition coefficient (Wildman–Crippen LogP) is 3.27. The lowest BCUT2D eigenvalue weighted by Gasteiger charge is -2.12. The van der Waals surface area contributed by atoms with E-state index in [0.29, 0.717) is 5.69 Å². The fourth-order valence-electron chi connectivity index (χ4n) is 1.81. The number of hydrogen-bond acceptors (Lipinski definition) is 4. The number of aryl methyl sites for hydroxylation is 1. The van der Waals surface area contributed by atoms with Gasteiger partial charge >= 0.3 is 6.18 Å². The van der Waals surface area contributed by atoms with Gasteiger partial charge in [0, 0.05) is 17.8 Å². The van der Waals surface area contributed by atoms with Crippen LogP contribution in [0.15, 0.2) is 28.8 Å². The SMILES string of the molecule is Cc1ccc(NC(=O)c2cc([C@H](C)N)no2)cc1C(F)(F)F. The minimum Gasteiger partial charge on any atom is -0.351 e. The van der Waals surface area contributed by atoms with Gasteiger partial charge in [-0.05, 0) is 31.5 Å². The van der Waals surface area contributed by atoms with Gasteiger partial charge < -0.3 is 15.6 Å². The summed E-state index contributed by atoms with van der Waals surface area (Å²) in [5.41, 5.74) is 5.25. The molecule has 3 N–H and O–H groups in total.